The summed E-state index contributed by atoms with van der Waals surface area (Å²) in [6.45, 7) is 2.66. The lowest BCUT2D eigenvalue weighted by atomic mass is 9.97. The Morgan fingerprint density at radius 2 is 1.97 bits per heavy atom. The van der Waals surface area contributed by atoms with E-state index in [4.69, 9.17) is 33.0 Å². The van der Waals surface area contributed by atoms with Crippen LogP contribution in [-0.4, -0.2) is 55.1 Å². The van der Waals surface area contributed by atoms with Gasteiger partial charge in [-0.25, -0.2) is 8.42 Å². The number of halogens is 2. The molecule has 1 aliphatic heterocycles. The smallest absolute Gasteiger partial charge is 0.304 e. The maximum Gasteiger partial charge on any atom is 0.304 e. The van der Waals surface area contributed by atoms with Crippen LogP contribution in [-0.2, 0) is 19.6 Å². The first kappa shape index (κ1) is 23.0. The lowest BCUT2D eigenvalue weighted by Crippen LogP contribution is -2.31. The van der Waals surface area contributed by atoms with Gasteiger partial charge in [0.05, 0.1) is 34.9 Å². The van der Waals surface area contributed by atoms with Crippen LogP contribution >= 0.6 is 23.2 Å². The van der Waals surface area contributed by atoms with E-state index in [1.165, 1.54) is 23.5 Å². The van der Waals surface area contributed by atoms with Gasteiger partial charge in [-0.15, -0.1) is 0 Å². The molecule has 7 nitrogen and oxygen atoms in total. The van der Waals surface area contributed by atoms with E-state index in [2.05, 4.69) is 4.98 Å². The molecule has 1 N–H and O–H groups in total. The van der Waals surface area contributed by atoms with Crippen LogP contribution in [0.4, 0.5) is 0 Å². The first-order valence-corrected chi connectivity index (χ1v) is 11.6. The van der Waals surface area contributed by atoms with Gasteiger partial charge in [-0.2, -0.15) is 4.31 Å². The normalized spacial score (nSPS) is 17.2. The van der Waals surface area contributed by atoms with Crippen molar-refractivity contribution >= 4 is 39.2 Å². The lowest BCUT2D eigenvalue weighted by Gasteiger charge is -2.19. The van der Waals surface area contributed by atoms with Gasteiger partial charge in [-0.05, 0) is 30.7 Å². The van der Waals surface area contributed by atoms with Gasteiger partial charge in [0.2, 0.25) is 10.0 Å². The number of aliphatic carboxylic acids is 1. The molecule has 0 amide bonds. The van der Waals surface area contributed by atoms with E-state index in [0.717, 1.165) is 0 Å². The second-order valence-corrected chi connectivity index (χ2v) is 9.96. The number of sulfonamides is 1. The SMILES string of the molecule is CC[C@@H](CC(=O)O)c1cccc(-c2cc(Cl)c(S(=O)(=O)N(C)CC3CO3)c(Cl)c2)n1. The van der Waals surface area contributed by atoms with Crippen LogP contribution in [0.3, 0.4) is 0 Å². The number of hydrogen-bond acceptors (Lipinski definition) is 5. The zero-order chi connectivity index (χ0) is 22.1. The fourth-order valence-electron chi connectivity index (χ4n) is 3.18. The van der Waals surface area contributed by atoms with Crippen LogP contribution in [0.1, 0.15) is 31.4 Å². The summed E-state index contributed by atoms with van der Waals surface area (Å²) in [5.41, 5.74) is 1.72. The highest BCUT2D eigenvalue weighted by Gasteiger charge is 2.33. The third-order valence-electron chi connectivity index (χ3n) is 4.93. The molecule has 10 heteroatoms. The van der Waals surface area contributed by atoms with E-state index < -0.39 is 16.0 Å². The summed E-state index contributed by atoms with van der Waals surface area (Å²) < 4.78 is 32.1. The highest BCUT2D eigenvalue weighted by atomic mass is 35.5. The predicted molar refractivity (Wildman–Crippen MR) is 115 cm³/mol. The molecule has 0 aliphatic carbocycles. The van der Waals surface area contributed by atoms with Crippen molar-refractivity contribution in [3.05, 3.63) is 46.1 Å². The number of carbonyl (C=O) groups is 1. The maximum atomic E-state index is 12.9. The Morgan fingerprint density at radius 1 is 1.33 bits per heavy atom. The van der Waals surface area contributed by atoms with Gasteiger partial charge in [0, 0.05) is 30.8 Å². The Morgan fingerprint density at radius 3 is 2.50 bits per heavy atom. The molecule has 1 aromatic carbocycles. The Balaban J connectivity index is 1.95. The zero-order valence-electron chi connectivity index (χ0n) is 16.5. The van der Waals surface area contributed by atoms with E-state index in [9.17, 15) is 13.2 Å². The largest absolute Gasteiger partial charge is 0.481 e. The average molecular weight is 473 g/mol. The predicted octanol–water partition coefficient (Wildman–Crippen LogP) is 4.04. The standard InChI is InChI=1S/C20H22Cl2N2O5S/c1-3-12(9-19(25)26)17-5-4-6-18(23-17)13-7-15(21)20(16(22)8-13)30(27,28)24(2)10-14-11-29-14/h4-8,12,14H,3,9-11H2,1-2H3,(H,25,26)/t12-,14?/m0/s1. The molecule has 0 saturated carbocycles. The van der Waals surface area contributed by atoms with Crippen molar-refractivity contribution in [2.45, 2.75) is 36.7 Å². The van der Waals surface area contributed by atoms with Crippen molar-refractivity contribution in [1.82, 2.24) is 9.29 Å². The highest BCUT2D eigenvalue weighted by molar-refractivity contribution is 7.89. The summed E-state index contributed by atoms with van der Waals surface area (Å²) in [6, 6.07) is 8.30. The number of likely N-dealkylation sites (N-methyl/N-ethyl adjacent to an activating group) is 1. The average Bonchev–Trinajstić information content (AvgIpc) is 3.49. The number of carboxylic acid groups (broad SMARTS) is 1. The molecule has 3 rings (SSSR count). The van der Waals surface area contributed by atoms with Gasteiger partial charge in [0.25, 0.3) is 0 Å². The van der Waals surface area contributed by atoms with Crippen molar-refractivity contribution in [2.24, 2.45) is 0 Å². The minimum Gasteiger partial charge on any atom is -0.481 e. The van der Waals surface area contributed by atoms with Crippen LogP contribution in [0, 0.1) is 0 Å². The Labute approximate surface area is 185 Å². The van der Waals surface area contributed by atoms with Crippen molar-refractivity contribution in [3.63, 3.8) is 0 Å². The summed E-state index contributed by atoms with van der Waals surface area (Å²) in [5.74, 6) is -1.12. The minimum atomic E-state index is -3.89. The lowest BCUT2D eigenvalue weighted by molar-refractivity contribution is -0.137. The van der Waals surface area contributed by atoms with Gasteiger partial charge in [-0.1, -0.05) is 36.2 Å². The number of aromatic nitrogens is 1. The van der Waals surface area contributed by atoms with Crippen LogP contribution in [0.25, 0.3) is 11.3 Å². The molecular weight excluding hydrogens is 451 g/mol. The Kier molecular flexibility index (Phi) is 7.04. The van der Waals surface area contributed by atoms with Crippen molar-refractivity contribution in [3.8, 4) is 11.3 Å². The fourth-order valence-corrected chi connectivity index (χ4v) is 5.53. The van der Waals surface area contributed by atoms with Crippen LogP contribution in [0.15, 0.2) is 35.2 Å². The van der Waals surface area contributed by atoms with E-state index in [0.29, 0.717) is 30.0 Å². The number of rotatable bonds is 9. The number of pyridine rings is 1. The molecule has 1 saturated heterocycles. The summed E-state index contributed by atoms with van der Waals surface area (Å²) in [5, 5.41) is 9.10. The van der Waals surface area contributed by atoms with Crippen LogP contribution in [0.2, 0.25) is 10.0 Å². The quantitative estimate of drug-likeness (QED) is 0.552. The van der Waals surface area contributed by atoms with Crippen molar-refractivity contribution in [2.75, 3.05) is 20.2 Å². The van der Waals surface area contributed by atoms with Crippen LogP contribution < -0.4 is 0 Å². The summed E-state index contributed by atoms with van der Waals surface area (Å²) in [4.78, 5) is 15.5. The summed E-state index contributed by atoms with van der Waals surface area (Å²) >= 11 is 12.7. The zero-order valence-corrected chi connectivity index (χ0v) is 18.8. The minimum absolute atomic E-state index is 0.00848. The van der Waals surface area contributed by atoms with Crippen molar-refractivity contribution < 1.29 is 23.1 Å². The van der Waals surface area contributed by atoms with Gasteiger partial charge in [-0.3, -0.25) is 9.78 Å². The van der Waals surface area contributed by atoms with Gasteiger partial charge >= 0.3 is 5.97 Å². The monoisotopic (exact) mass is 472 g/mol. The molecule has 1 aliphatic rings. The van der Waals surface area contributed by atoms with E-state index in [-0.39, 0.29) is 39.9 Å². The topological polar surface area (TPSA) is 100 Å². The van der Waals surface area contributed by atoms with Crippen LogP contribution in [0.5, 0.6) is 0 Å². The third kappa shape index (κ3) is 5.12. The number of benzene rings is 1. The summed E-state index contributed by atoms with van der Waals surface area (Å²) in [7, 11) is -2.44. The van der Waals surface area contributed by atoms with E-state index >= 15 is 0 Å². The van der Waals surface area contributed by atoms with Gasteiger partial charge in [0.15, 0.2) is 0 Å². The number of carboxylic acids is 1. The van der Waals surface area contributed by atoms with Gasteiger partial charge in [0.1, 0.15) is 4.90 Å². The second kappa shape index (κ2) is 9.20. The van der Waals surface area contributed by atoms with E-state index in [1.54, 1.807) is 18.2 Å². The summed E-state index contributed by atoms with van der Waals surface area (Å²) in [6.07, 6.45) is 0.493. The van der Waals surface area contributed by atoms with Gasteiger partial charge < -0.3 is 9.84 Å². The molecule has 2 aromatic rings. The van der Waals surface area contributed by atoms with Crippen molar-refractivity contribution in [1.29, 1.82) is 0 Å². The number of epoxide rings is 1. The molecule has 2 heterocycles. The molecule has 1 fully saturated rings. The van der Waals surface area contributed by atoms with E-state index in [1.807, 2.05) is 6.92 Å². The Bertz CT molecular complexity index is 1030. The molecule has 162 valence electrons. The molecular formula is C20H22Cl2N2O5S. The molecule has 2 atom stereocenters. The fraction of sp³-hybridized carbons (Fsp3) is 0.400. The molecule has 0 spiro atoms. The third-order valence-corrected chi connectivity index (χ3v) is 7.67. The molecule has 0 bridgehead atoms. The number of ether oxygens (including phenoxy) is 1. The molecule has 0 radical (unpaired) electrons. The highest BCUT2D eigenvalue weighted by Crippen LogP contribution is 2.36. The number of hydrogen-bond donors (Lipinski definition) is 1. The molecule has 30 heavy (non-hydrogen) atoms. The molecule has 1 aromatic heterocycles. The second-order valence-electron chi connectivity index (χ2n) is 7.16. The maximum absolute atomic E-state index is 12.9. The molecule has 1 unspecified atom stereocenters. The first-order valence-electron chi connectivity index (χ1n) is 9.39. The first-order chi connectivity index (χ1) is 14.1. The Hall–Kier alpha value is -1.71. The number of nitrogens with zero attached hydrogens (tertiary/aromatic N) is 2.